The molecule has 1 fully saturated rings. The second kappa shape index (κ2) is 6.33. The molecule has 130 valence electrons. The molecule has 1 aliphatic heterocycles. The fourth-order valence-corrected chi connectivity index (χ4v) is 3.25. The SMILES string of the molecule is C[C@@H]1CN(c2nc(Nc3ccccc3)c3cnn(C)c3n2)C[C@@H](C)O1. The lowest BCUT2D eigenvalue weighted by Gasteiger charge is -2.35. The Morgan fingerprint density at radius 1 is 1.08 bits per heavy atom. The number of morpholine rings is 1. The van der Waals surface area contributed by atoms with Crippen LogP contribution in [0.25, 0.3) is 11.0 Å². The van der Waals surface area contributed by atoms with Crippen LogP contribution in [0.15, 0.2) is 36.5 Å². The molecule has 7 heteroatoms. The predicted molar refractivity (Wildman–Crippen MR) is 98.3 cm³/mol. The van der Waals surface area contributed by atoms with Crippen molar-refractivity contribution < 1.29 is 4.74 Å². The molecule has 1 N–H and O–H groups in total. The summed E-state index contributed by atoms with van der Waals surface area (Å²) in [5.41, 5.74) is 1.80. The summed E-state index contributed by atoms with van der Waals surface area (Å²) in [6, 6.07) is 10.0. The molecule has 7 nitrogen and oxygen atoms in total. The van der Waals surface area contributed by atoms with E-state index in [9.17, 15) is 0 Å². The molecule has 1 aliphatic rings. The van der Waals surface area contributed by atoms with Gasteiger partial charge in [0.05, 0.1) is 23.8 Å². The number of nitrogens with zero attached hydrogens (tertiary/aromatic N) is 5. The fourth-order valence-electron chi connectivity index (χ4n) is 3.25. The van der Waals surface area contributed by atoms with Crippen molar-refractivity contribution in [2.24, 2.45) is 7.05 Å². The number of rotatable bonds is 3. The van der Waals surface area contributed by atoms with Gasteiger partial charge in [0, 0.05) is 25.8 Å². The molecule has 0 bridgehead atoms. The van der Waals surface area contributed by atoms with Crippen LogP contribution in [0, 0.1) is 0 Å². The smallest absolute Gasteiger partial charge is 0.229 e. The first kappa shape index (κ1) is 15.8. The molecule has 0 amide bonds. The highest BCUT2D eigenvalue weighted by Gasteiger charge is 2.25. The topological polar surface area (TPSA) is 68.1 Å². The largest absolute Gasteiger partial charge is 0.372 e. The lowest BCUT2D eigenvalue weighted by Crippen LogP contribution is -2.46. The Balaban J connectivity index is 1.76. The Morgan fingerprint density at radius 2 is 1.80 bits per heavy atom. The molecule has 0 aliphatic carbocycles. The van der Waals surface area contributed by atoms with Gasteiger partial charge in [0.15, 0.2) is 5.65 Å². The Morgan fingerprint density at radius 3 is 2.52 bits per heavy atom. The number of anilines is 3. The van der Waals surface area contributed by atoms with Gasteiger partial charge in [-0.3, -0.25) is 4.68 Å². The zero-order chi connectivity index (χ0) is 17.4. The van der Waals surface area contributed by atoms with E-state index in [1.54, 1.807) is 10.9 Å². The lowest BCUT2D eigenvalue weighted by molar-refractivity contribution is -0.00569. The van der Waals surface area contributed by atoms with E-state index >= 15 is 0 Å². The van der Waals surface area contributed by atoms with Crippen LogP contribution in [0.1, 0.15) is 13.8 Å². The van der Waals surface area contributed by atoms with Crippen LogP contribution >= 0.6 is 0 Å². The third-order valence-corrected chi connectivity index (χ3v) is 4.32. The first-order valence-corrected chi connectivity index (χ1v) is 8.52. The van der Waals surface area contributed by atoms with Gasteiger partial charge in [-0.2, -0.15) is 15.1 Å². The van der Waals surface area contributed by atoms with Gasteiger partial charge >= 0.3 is 0 Å². The van der Waals surface area contributed by atoms with Crippen molar-refractivity contribution in [2.45, 2.75) is 26.1 Å². The molecule has 3 heterocycles. The van der Waals surface area contributed by atoms with Gasteiger partial charge in [-0.25, -0.2) is 0 Å². The summed E-state index contributed by atoms with van der Waals surface area (Å²) >= 11 is 0. The van der Waals surface area contributed by atoms with Crippen LogP contribution in [-0.4, -0.2) is 45.0 Å². The second-order valence-corrected chi connectivity index (χ2v) is 6.53. The van der Waals surface area contributed by atoms with E-state index in [0.29, 0.717) is 5.95 Å². The van der Waals surface area contributed by atoms with Gasteiger partial charge in [-0.05, 0) is 26.0 Å². The third kappa shape index (κ3) is 3.15. The Labute approximate surface area is 146 Å². The maximum atomic E-state index is 5.83. The van der Waals surface area contributed by atoms with Gasteiger partial charge in [0.1, 0.15) is 5.82 Å². The first-order valence-electron chi connectivity index (χ1n) is 8.52. The minimum Gasteiger partial charge on any atom is -0.372 e. The van der Waals surface area contributed by atoms with Crippen molar-refractivity contribution in [1.29, 1.82) is 0 Å². The molecule has 2 atom stereocenters. The van der Waals surface area contributed by atoms with E-state index in [-0.39, 0.29) is 12.2 Å². The summed E-state index contributed by atoms with van der Waals surface area (Å²) in [7, 11) is 1.90. The molecule has 1 aromatic carbocycles. The summed E-state index contributed by atoms with van der Waals surface area (Å²) in [4.78, 5) is 11.7. The van der Waals surface area contributed by atoms with Gasteiger partial charge in [0.25, 0.3) is 0 Å². The number of hydrogen-bond acceptors (Lipinski definition) is 6. The second-order valence-electron chi connectivity index (χ2n) is 6.53. The van der Waals surface area contributed by atoms with Gasteiger partial charge < -0.3 is 15.0 Å². The Hall–Kier alpha value is -2.67. The van der Waals surface area contributed by atoms with Gasteiger partial charge in [-0.1, -0.05) is 18.2 Å². The van der Waals surface area contributed by atoms with Crippen molar-refractivity contribution >= 4 is 28.5 Å². The zero-order valence-electron chi connectivity index (χ0n) is 14.7. The van der Waals surface area contributed by atoms with E-state index in [1.165, 1.54) is 0 Å². The highest BCUT2D eigenvalue weighted by molar-refractivity contribution is 5.89. The third-order valence-electron chi connectivity index (χ3n) is 4.32. The number of fused-ring (bicyclic) bond motifs is 1. The molecule has 0 radical (unpaired) electrons. The van der Waals surface area contributed by atoms with Crippen LogP contribution in [0.5, 0.6) is 0 Å². The summed E-state index contributed by atoms with van der Waals surface area (Å²) in [5.74, 6) is 1.47. The van der Waals surface area contributed by atoms with E-state index in [2.05, 4.69) is 29.2 Å². The van der Waals surface area contributed by atoms with Crippen molar-refractivity contribution in [3.05, 3.63) is 36.5 Å². The van der Waals surface area contributed by atoms with E-state index in [4.69, 9.17) is 14.7 Å². The minimum absolute atomic E-state index is 0.153. The lowest BCUT2D eigenvalue weighted by atomic mass is 10.2. The fraction of sp³-hybridized carbons (Fsp3) is 0.389. The van der Waals surface area contributed by atoms with E-state index in [0.717, 1.165) is 35.6 Å². The van der Waals surface area contributed by atoms with Crippen molar-refractivity contribution in [3.63, 3.8) is 0 Å². The normalized spacial score (nSPS) is 20.8. The Bertz CT molecular complexity index is 868. The molecular formula is C18H22N6O. The van der Waals surface area contributed by atoms with Crippen LogP contribution in [0.3, 0.4) is 0 Å². The maximum absolute atomic E-state index is 5.83. The van der Waals surface area contributed by atoms with Crippen LogP contribution in [0.2, 0.25) is 0 Å². The standard InChI is InChI=1S/C18H22N6O/c1-12-10-24(11-13(2)25-12)18-21-16(20-14-7-5-4-6-8-14)15-9-19-23(3)17(15)22-18/h4-9,12-13H,10-11H2,1-3H3,(H,20,21,22)/t12-,13-/m1/s1. The summed E-state index contributed by atoms with van der Waals surface area (Å²) in [5, 5.41) is 8.65. The maximum Gasteiger partial charge on any atom is 0.229 e. The molecule has 1 saturated heterocycles. The number of aromatic nitrogens is 4. The molecule has 3 aromatic rings. The minimum atomic E-state index is 0.153. The summed E-state index contributed by atoms with van der Waals surface area (Å²) in [6.07, 6.45) is 2.11. The van der Waals surface area contributed by atoms with Crippen LogP contribution < -0.4 is 10.2 Å². The van der Waals surface area contributed by atoms with Crippen LogP contribution in [0.4, 0.5) is 17.5 Å². The average molecular weight is 338 g/mol. The van der Waals surface area contributed by atoms with Crippen molar-refractivity contribution in [3.8, 4) is 0 Å². The van der Waals surface area contributed by atoms with E-state index < -0.39 is 0 Å². The molecule has 25 heavy (non-hydrogen) atoms. The molecule has 4 rings (SSSR count). The van der Waals surface area contributed by atoms with Gasteiger partial charge in [0.2, 0.25) is 5.95 Å². The highest BCUT2D eigenvalue weighted by atomic mass is 16.5. The number of hydrogen-bond donors (Lipinski definition) is 1. The monoisotopic (exact) mass is 338 g/mol. The highest BCUT2D eigenvalue weighted by Crippen LogP contribution is 2.27. The van der Waals surface area contributed by atoms with Crippen molar-refractivity contribution in [2.75, 3.05) is 23.3 Å². The van der Waals surface area contributed by atoms with E-state index in [1.807, 2.05) is 37.4 Å². The number of nitrogens with one attached hydrogen (secondary N) is 1. The quantitative estimate of drug-likeness (QED) is 0.792. The zero-order valence-corrected chi connectivity index (χ0v) is 14.7. The van der Waals surface area contributed by atoms with Gasteiger partial charge in [-0.15, -0.1) is 0 Å². The number of aryl methyl sites for hydroxylation is 1. The molecule has 0 spiro atoms. The first-order chi connectivity index (χ1) is 12.1. The number of para-hydroxylation sites is 1. The number of ether oxygens (including phenoxy) is 1. The summed E-state index contributed by atoms with van der Waals surface area (Å²) < 4.78 is 7.61. The van der Waals surface area contributed by atoms with Crippen molar-refractivity contribution in [1.82, 2.24) is 19.7 Å². The Kier molecular flexibility index (Phi) is 4.01. The molecule has 0 saturated carbocycles. The average Bonchev–Trinajstić information content (AvgIpc) is 2.96. The molecule has 2 aromatic heterocycles. The molecular weight excluding hydrogens is 316 g/mol. The summed E-state index contributed by atoms with van der Waals surface area (Å²) in [6.45, 7) is 5.71. The molecule has 0 unspecified atom stereocenters. The number of benzene rings is 1. The van der Waals surface area contributed by atoms with Crippen LogP contribution in [-0.2, 0) is 11.8 Å². The predicted octanol–water partition coefficient (Wildman–Crippen LogP) is 2.72.